The van der Waals surface area contributed by atoms with Gasteiger partial charge in [-0.25, -0.2) is 0 Å². The molecule has 2 N–H and O–H groups in total. The Morgan fingerprint density at radius 1 is 0.824 bits per heavy atom. The molecule has 17 heavy (non-hydrogen) atoms. The van der Waals surface area contributed by atoms with Crippen LogP contribution in [0.25, 0.3) is 11.1 Å². The fourth-order valence-corrected chi connectivity index (χ4v) is 2.10. The summed E-state index contributed by atoms with van der Waals surface area (Å²) in [5.41, 5.74) is 2.13. The molecule has 0 amide bonds. The average molecular weight is 220 g/mol. The Morgan fingerprint density at radius 3 is 2.18 bits per heavy atom. The number of fused-ring (bicyclic) bond motifs is 3. The normalized spacial score (nSPS) is 14.9. The maximum atomic E-state index is 9.87. The standard InChI is InChI=1S/C12H10BO3.Li/c14-13(15)11-7-3-1-5-9(11)10-6-2-4-8-12(10)16-13;/h1-8,14-15H;/q-1;+1. The summed E-state index contributed by atoms with van der Waals surface area (Å²) in [6.07, 6.45) is 0. The van der Waals surface area contributed by atoms with Gasteiger partial charge in [0, 0.05) is 5.56 Å². The molecule has 80 valence electrons. The van der Waals surface area contributed by atoms with E-state index < -0.39 is 6.75 Å². The minimum atomic E-state index is -2.93. The second kappa shape index (κ2) is 4.25. The SMILES string of the molecule is O[B-]1(O)Oc2ccccc2-c2ccccc21.[Li+]. The minimum Gasteiger partial charge on any atom is -0.666 e. The van der Waals surface area contributed by atoms with E-state index in [2.05, 4.69) is 0 Å². The topological polar surface area (TPSA) is 49.7 Å². The molecule has 1 aliphatic rings. The van der Waals surface area contributed by atoms with Crippen LogP contribution in [-0.2, 0) is 0 Å². The molecule has 0 fully saturated rings. The predicted octanol–water partition coefficient (Wildman–Crippen LogP) is -2.12. The fraction of sp³-hybridized carbons (Fsp3) is 0. The molecule has 5 heteroatoms. The molecule has 0 aromatic heterocycles. The van der Waals surface area contributed by atoms with Crippen molar-refractivity contribution in [1.82, 2.24) is 0 Å². The Morgan fingerprint density at radius 2 is 1.41 bits per heavy atom. The van der Waals surface area contributed by atoms with E-state index in [0.29, 0.717) is 11.2 Å². The van der Waals surface area contributed by atoms with Crippen molar-refractivity contribution in [2.24, 2.45) is 0 Å². The summed E-state index contributed by atoms with van der Waals surface area (Å²) >= 11 is 0. The Labute approximate surface area is 111 Å². The van der Waals surface area contributed by atoms with Gasteiger partial charge in [0.05, 0.1) is 5.75 Å². The van der Waals surface area contributed by atoms with Gasteiger partial charge in [0.15, 0.2) is 0 Å². The van der Waals surface area contributed by atoms with E-state index in [1.165, 1.54) is 0 Å². The number of hydrogen-bond donors (Lipinski definition) is 2. The number of para-hydroxylation sites is 1. The molecule has 1 aliphatic heterocycles. The van der Waals surface area contributed by atoms with Crippen LogP contribution in [0, 0.1) is 0 Å². The van der Waals surface area contributed by atoms with Crippen LogP contribution in [0.5, 0.6) is 5.75 Å². The monoisotopic (exact) mass is 220 g/mol. The van der Waals surface area contributed by atoms with Gasteiger partial charge in [0.1, 0.15) is 0 Å². The van der Waals surface area contributed by atoms with Crippen LogP contribution in [0.3, 0.4) is 0 Å². The van der Waals surface area contributed by atoms with E-state index in [-0.39, 0.29) is 18.9 Å². The van der Waals surface area contributed by atoms with Crippen molar-refractivity contribution in [2.45, 2.75) is 0 Å². The molecule has 3 rings (SSSR count). The molecule has 0 aliphatic carbocycles. The average Bonchev–Trinajstić information content (AvgIpc) is 2.29. The summed E-state index contributed by atoms with van der Waals surface area (Å²) in [7, 11) is 0. The van der Waals surface area contributed by atoms with Gasteiger partial charge in [-0.1, -0.05) is 47.9 Å². The first kappa shape index (κ1) is 12.3. The summed E-state index contributed by atoms with van der Waals surface area (Å²) in [4.78, 5) is 0. The number of rotatable bonds is 0. The van der Waals surface area contributed by atoms with Gasteiger partial charge in [-0.05, 0) is 11.6 Å². The van der Waals surface area contributed by atoms with Crippen molar-refractivity contribution in [3.05, 3.63) is 48.5 Å². The summed E-state index contributed by atoms with van der Waals surface area (Å²) in [6.45, 7) is -2.93. The molecule has 3 nitrogen and oxygen atoms in total. The number of hydrogen-bond acceptors (Lipinski definition) is 3. The van der Waals surface area contributed by atoms with Crippen LogP contribution in [0.4, 0.5) is 0 Å². The van der Waals surface area contributed by atoms with Crippen molar-refractivity contribution in [3.8, 4) is 16.9 Å². The number of benzene rings is 2. The Bertz CT molecular complexity index is 557. The molecule has 2 aromatic rings. The molecular formula is C12H10BLiO3. The van der Waals surface area contributed by atoms with Crippen molar-refractivity contribution >= 4 is 12.2 Å². The molecular weight excluding hydrogens is 210 g/mol. The first-order chi connectivity index (χ1) is 7.68. The van der Waals surface area contributed by atoms with Crippen molar-refractivity contribution in [2.75, 3.05) is 0 Å². The van der Waals surface area contributed by atoms with Gasteiger partial charge < -0.3 is 14.7 Å². The van der Waals surface area contributed by atoms with Crippen molar-refractivity contribution < 1.29 is 33.6 Å². The summed E-state index contributed by atoms with van der Waals surface area (Å²) < 4.78 is 5.22. The molecule has 0 atom stereocenters. The molecule has 0 saturated heterocycles. The zero-order valence-electron chi connectivity index (χ0n) is 9.50. The van der Waals surface area contributed by atoms with Gasteiger partial charge in [-0.3, -0.25) is 0 Å². The molecule has 1 heterocycles. The fourth-order valence-electron chi connectivity index (χ4n) is 2.10. The second-order valence-electron chi connectivity index (χ2n) is 3.90. The first-order valence-electron chi connectivity index (χ1n) is 5.15. The summed E-state index contributed by atoms with van der Waals surface area (Å²) in [5.74, 6) is 0.506. The van der Waals surface area contributed by atoms with Gasteiger partial charge in [0.25, 0.3) is 0 Å². The third kappa shape index (κ3) is 1.90. The van der Waals surface area contributed by atoms with Crippen LogP contribution in [0.15, 0.2) is 48.5 Å². The zero-order valence-corrected chi connectivity index (χ0v) is 9.50. The van der Waals surface area contributed by atoms with Gasteiger partial charge >= 0.3 is 25.6 Å². The van der Waals surface area contributed by atoms with E-state index in [4.69, 9.17) is 4.65 Å². The van der Waals surface area contributed by atoms with Crippen LogP contribution in [-0.4, -0.2) is 16.8 Å². The van der Waals surface area contributed by atoms with Crippen LogP contribution < -0.4 is 29.0 Å². The van der Waals surface area contributed by atoms with Crippen LogP contribution in [0.1, 0.15) is 0 Å². The van der Waals surface area contributed by atoms with E-state index in [1.54, 1.807) is 24.3 Å². The molecule has 0 spiro atoms. The quantitative estimate of drug-likeness (QED) is 0.499. The van der Waals surface area contributed by atoms with Gasteiger partial charge in [0.2, 0.25) is 0 Å². The smallest absolute Gasteiger partial charge is 0.666 e. The summed E-state index contributed by atoms with van der Waals surface area (Å²) in [6, 6.07) is 14.5. The maximum Gasteiger partial charge on any atom is 1.00 e. The van der Waals surface area contributed by atoms with Gasteiger partial charge in [-0.15, -0.1) is 0 Å². The second-order valence-corrected chi connectivity index (χ2v) is 3.90. The zero-order chi connectivity index (χ0) is 11.2. The van der Waals surface area contributed by atoms with Crippen molar-refractivity contribution in [1.29, 1.82) is 0 Å². The largest absolute Gasteiger partial charge is 1.00 e. The Balaban J connectivity index is 0.00000108. The predicted molar refractivity (Wildman–Crippen MR) is 62.3 cm³/mol. The van der Waals surface area contributed by atoms with Gasteiger partial charge in [-0.2, -0.15) is 0 Å². The van der Waals surface area contributed by atoms with E-state index >= 15 is 0 Å². The Kier molecular flexibility index (Phi) is 3.07. The molecule has 0 radical (unpaired) electrons. The van der Waals surface area contributed by atoms with E-state index in [1.807, 2.05) is 24.3 Å². The first-order valence-corrected chi connectivity index (χ1v) is 5.15. The van der Waals surface area contributed by atoms with E-state index in [0.717, 1.165) is 11.1 Å². The minimum absolute atomic E-state index is 0. The van der Waals surface area contributed by atoms with Crippen LogP contribution in [0.2, 0.25) is 0 Å². The third-order valence-electron chi connectivity index (χ3n) is 2.83. The molecule has 0 bridgehead atoms. The Hall–Kier alpha value is -1.18. The third-order valence-corrected chi connectivity index (χ3v) is 2.83. The molecule has 0 unspecified atom stereocenters. The maximum absolute atomic E-state index is 9.87. The molecule has 2 aromatic carbocycles. The summed E-state index contributed by atoms with van der Waals surface area (Å²) in [5, 5.41) is 19.7. The van der Waals surface area contributed by atoms with Crippen LogP contribution >= 0.6 is 0 Å². The van der Waals surface area contributed by atoms with Crippen molar-refractivity contribution in [3.63, 3.8) is 0 Å². The van der Waals surface area contributed by atoms with E-state index in [9.17, 15) is 10.0 Å². The molecule has 0 saturated carbocycles.